The number of rotatable bonds is 6. The second kappa shape index (κ2) is 6.61. The monoisotopic (exact) mass is 310 g/mol. The number of hydrogen-bond donors (Lipinski definition) is 3. The van der Waals surface area contributed by atoms with Crippen LogP contribution in [0.2, 0.25) is 0 Å². The Kier molecular flexibility index (Phi) is 4.84. The van der Waals surface area contributed by atoms with Crippen molar-refractivity contribution in [1.29, 1.82) is 0 Å². The third-order valence-electron chi connectivity index (χ3n) is 2.81. The van der Waals surface area contributed by atoms with Crippen LogP contribution in [0, 0.1) is 5.82 Å². The summed E-state index contributed by atoms with van der Waals surface area (Å²) in [6.45, 7) is 0.213. The Morgan fingerprint density at radius 3 is 2.43 bits per heavy atom. The van der Waals surface area contributed by atoms with Crippen molar-refractivity contribution in [3.05, 3.63) is 54.0 Å². The van der Waals surface area contributed by atoms with Crippen LogP contribution in [-0.2, 0) is 16.4 Å². The number of nitrogens with one attached hydrogen (secondary N) is 2. The zero-order valence-electron chi connectivity index (χ0n) is 11.1. The lowest BCUT2D eigenvalue weighted by Gasteiger charge is -2.07. The maximum atomic E-state index is 12.7. The first kappa shape index (κ1) is 15.4. The van der Waals surface area contributed by atoms with Gasteiger partial charge in [0, 0.05) is 12.7 Å². The van der Waals surface area contributed by atoms with E-state index in [0.29, 0.717) is 12.2 Å². The molecule has 1 heterocycles. The van der Waals surface area contributed by atoms with Gasteiger partial charge in [-0.15, -0.1) is 0 Å². The molecule has 0 fully saturated rings. The molecule has 0 aliphatic rings. The average molecular weight is 310 g/mol. The third kappa shape index (κ3) is 4.22. The molecule has 2 rings (SSSR count). The van der Waals surface area contributed by atoms with Crippen molar-refractivity contribution in [3.8, 4) is 0 Å². The summed E-state index contributed by atoms with van der Waals surface area (Å²) >= 11 is 0. The van der Waals surface area contributed by atoms with Gasteiger partial charge in [0.1, 0.15) is 16.5 Å². The summed E-state index contributed by atoms with van der Waals surface area (Å²) in [5, 5.41) is 0. The Labute approximate surface area is 122 Å². The molecular formula is C13H15FN4O2S. The predicted molar refractivity (Wildman–Crippen MR) is 77.3 cm³/mol. The zero-order valence-corrected chi connectivity index (χ0v) is 11.9. The molecule has 112 valence electrons. The lowest BCUT2D eigenvalue weighted by atomic mass is 10.1. The largest absolute Gasteiger partial charge is 0.308 e. The molecule has 0 aliphatic heterocycles. The van der Waals surface area contributed by atoms with E-state index in [1.807, 2.05) is 0 Å². The molecular weight excluding hydrogens is 295 g/mol. The van der Waals surface area contributed by atoms with Crippen LogP contribution in [0.25, 0.3) is 0 Å². The van der Waals surface area contributed by atoms with Gasteiger partial charge >= 0.3 is 0 Å². The Morgan fingerprint density at radius 1 is 1.14 bits per heavy atom. The highest BCUT2D eigenvalue weighted by Gasteiger charge is 2.13. The lowest BCUT2D eigenvalue weighted by Crippen LogP contribution is -2.26. The smallest absolute Gasteiger partial charge is 0.242 e. The molecule has 6 nitrogen and oxygen atoms in total. The first-order valence-corrected chi connectivity index (χ1v) is 7.66. The molecule has 0 atom stereocenters. The molecule has 0 saturated heterocycles. The topological polar surface area (TPSA) is 97.1 Å². The van der Waals surface area contributed by atoms with Crippen molar-refractivity contribution in [2.75, 3.05) is 12.0 Å². The number of aromatic nitrogens is 1. The summed E-state index contributed by atoms with van der Waals surface area (Å²) in [4.78, 5) is 3.90. The van der Waals surface area contributed by atoms with Crippen molar-refractivity contribution in [2.24, 2.45) is 5.84 Å². The van der Waals surface area contributed by atoms with Gasteiger partial charge < -0.3 is 5.43 Å². The van der Waals surface area contributed by atoms with Gasteiger partial charge in [0.25, 0.3) is 0 Å². The highest BCUT2D eigenvalue weighted by molar-refractivity contribution is 7.89. The van der Waals surface area contributed by atoms with Crippen LogP contribution in [0.5, 0.6) is 0 Å². The number of anilines is 1. The molecule has 0 radical (unpaired) electrons. The number of halogens is 1. The van der Waals surface area contributed by atoms with Gasteiger partial charge in [-0.1, -0.05) is 12.1 Å². The second-order valence-corrected chi connectivity index (χ2v) is 6.06. The molecule has 0 unspecified atom stereocenters. The maximum absolute atomic E-state index is 12.7. The predicted octanol–water partition coefficient (Wildman–Crippen LogP) is 1.03. The molecule has 0 amide bonds. The van der Waals surface area contributed by atoms with Gasteiger partial charge in [-0.3, -0.25) is 0 Å². The molecule has 0 spiro atoms. The summed E-state index contributed by atoms with van der Waals surface area (Å²) in [6.07, 6.45) is 1.69. The Bertz CT molecular complexity index is 687. The Balaban J connectivity index is 1.95. The molecule has 1 aromatic carbocycles. The van der Waals surface area contributed by atoms with E-state index in [-0.39, 0.29) is 17.3 Å². The highest BCUT2D eigenvalue weighted by Crippen LogP contribution is 2.10. The van der Waals surface area contributed by atoms with E-state index in [9.17, 15) is 12.8 Å². The number of pyridine rings is 1. The minimum Gasteiger partial charge on any atom is -0.308 e. The van der Waals surface area contributed by atoms with E-state index in [1.54, 1.807) is 12.1 Å². The second-order valence-electron chi connectivity index (χ2n) is 4.30. The van der Waals surface area contributed by atoms with Crippen LogP contribution in [0.1, 0.15) is 5.56 Å². The number of sulfonamides is 1. The van der Waals surface area contributed by atoms with Crippen LogP contribution in [0.4, 0.5) is 10.2 Å². The fourth-order valence-corrected chi connectivity index (χ4v) is 2.66. The first-order valence-electron chi connectivity index (χ1n) is 6.18. The highest BCUT2D eigenvalue weighted by atomic mass is 32.2. The first-order chi connectivity index (χ1) is 10.0. The number of nitrogens with two attached hydrogens (primary N) is 1. The number of hydrogen-bond acceptors (Lipinski definition) is 5. The molecule has 0 saturated carbocycles. The molecule has 1 aromatic heterocycles. The molecule has 0 bridgehead atoms. The van der Waals surface area contributed by atoms with E-state index >= 15 is 0 Å². The normalized spacial score (nSPS) is 11.3. The van der Waals surface area contributed by atoms with E-state index < -0.39 is 10.0 Å². The summed E-state index contributed by atoms with van der Waals surface area (Å²) < 4.78 is 39.2. The van der Waals surface area contributed by atoms with Crippen molar-refractivity contribution in [2.45, 2.75) is 11.3 Å². The number of nitrogens with zero attached hydrogens (tertiary/aromatic N) is 1. The van der Waals surface area contributed by atoms with Gasteiger partial charge in [0.05, 0.1) is 0 Å². The number of hydrazine groups is 1. The Hall–Kier alpha value is -2.03. The van der Waals surface area contributed by atoms with Gasteiger partial charge in [-0.2, -0.15) is 0 Å². The third-order valence-corrected chi connectivity index (χ3v) is 4.26. The van der Waals surface area contributed by atoms with Crippen molar-refractivity contribution < 1.29 is 12.8 Å². The maximum Gasteiger partial charge on any atom is 0.242 e. The molecule has 21 heavy (non-hydrogen) atoms. The van der Waals surface area contributed by atoms with E-state index in [2.05, 4.69) is 15.1 Å². The standard InChI is InChI=1S/C13H15FN4O2S/c14-11-3-1-10(2-4-11)7-8-17-21(19,20)12-5-6-13(18-15)16-9-12/h1-6,9,17H,7-8,15H2,(H,16,18). The summed E-state index contributed by atoms with van der Waals surface area (Å²) in [5.74, 6) is 5.21. The van der Waals surface area contributed by atoms with E-state index in [4.69, 9.17) is 5.84 Å². The average Bonchev–Trinajstić information content (AvgIpc) is 2.49. The van der Waals surface area contributed by atoms with Crippen LogP contribution in [0.3, 0.4) is 0 Å². The fraction of sp³-hybridized carbons (Fsp3) is 0.154. The summed E-state index contributed by atoms with van der Waals surface area (Å²) in [6, 6.07) is 8.79. The molecule has 0 aliphatic carbocycles. The van der Waals surface area contributed by atoms with Crippen LogP contribution in [0.15, 0.2) is 47.5 Å². The molecule has 2 aromatic rings. The SMILES string of the molecule is NNc1ccc(S(=O)(=O)NCCc2ccc(F)cc2)cn1. The van der Waals surface area contributed by atoms with Gasteiger partial charge in [-0.05, 0) is 36.2 Å². The Morgan fingerprint density at radius 2 is 1.86 bits per heavy atom. The lowest BCUT2D eigenvalue weighted by molar-refractivity contribution is 0.581. The van der Waals surface area contributed by atoms with Gasteiger partial charge in [0.15, 0.2) is 0 Å². The fourth-order valence-electron chi connectivity index (χ4n) is 1.69. The quantitative estimate of drug-likeness (QED) is 0.547. The van der Waals surface area contributed by atoms with E-state index in [1.165, 1.54) is 30.5 Å². The van der Waals surface area contributed by atoms with Gasteiger partial charge in [-0.25, -0.2) is 28.4 Å². The van der Waals surface area contributed by atoms with Crippen molar-refractivity contribution in [1.82, 2.24) is 9.71 Å². The van der Waals surface area contributed by atoms with Crippen molar-refractivity contribution >= 4 is 15.8 Å². The zero-order chi connectivity index (χ0) is 15.3. The van der Waals surface area contributed by atoms with Gasteiger partial charge in [0.2, 0.25) is 10.0 Å². The van der Waals surface area contributed by atoms with E-state index in [0.717, 1.165) is 5.56 Å². The minimum atomic E-state index is -3.62. The van der Waals surface area contributed by atoms with Crippen molar-refractivity contribution in [3.63, 3.8) is 0 Å². The number of benzene rings is 1. The number of nitrogen functional groups attached to an aromatic ring is 1. The van der Waals surface area contributed by atoms with Crippen LogP contribution >= 0.6 is 0 Å². The van der Waals surface area contributed by atoms with Crippen LogP contribution in [-0.4, -0.2) is 19.9 Å². The molecule has 4 N–H and O–H groups in total. The molecule has 8 heteroatoms. The minimum absolute atomic E-state index is 0.0561. The summed E-state index contributed by atoms with van der Waals surface area (Å²) in [7, 11) is -3.62. The van der Waals surface area contributed by atoms with Crippen LogP contribution < -0.4 is 16.0 Å². The summed E-state index contributed by atoms with van der Waals surface area (Å²) in [5.41, 5.74) is 3.16.